The highest BCUT2D eigenvalue weighted by Crippen LogP contribution is 2.19. The van der Waals surface area contributed by atoms with E-state index in [9.17, 15) is 14.4 Å². The maximum Gasteiger partial charge on any atom is 0.306 e. The molecule has 76 heavy (non-hydrogen) atoms. The number of hydrogen-bond donors (Lipinski definition) is 0. The van der Waals surface area contributed by atoms with Crippen molar-refractivity contribution in [1.82, 2.24) is 0 Å². The van der Waals surface area contributed by atoms with Crippen molar-refractivity contribution in [2.75, 3.05) is 13.2 Å². The van der Waals surface area contributed by atoms with Gasteiger partial charge >= 0.3 is 17.9 Å². The van der Waals surface area contributed by atoms with Gasteiger partial charge in [-0.25, -0.2) is 0 Å². The van der Waals surface area contributed by atoms with Crippen molar-refractivity contribution >= 4 is 17.9 Å². The second kappa shape index (κ2) is 65.7. The fourth-order valence-corrected chi connectivity index (χ4v) is 10.8. The molecule has 450 valence electrons. The molecule has 0 aromatic carbocycles. The minimum atomic E-state index is -0.764. The number of allylic oxidation sites excluding steroid dienone is 2. The van der Waals surface area contributed by atoms with Crippen LogP contribution in [0.1, 0.15) is 400 Å². The molecule has 0 N–H and O–H groups in total. The maximum absolute atomic E-state index is 12.9. The van der Waals surface area contributed by atoms with Crippen LogP contribution in [0.5, 0.6) is 0 Å². The van der Waals surface area contributed by atoms with Crippen LogP contribution in [0.4, 0.5) is 0 Å². The summed E-state index contributed by atoms with van der Waals surface area (Å²) in [5.41, 5.74) is 0. The fourth-order valence-electron chi connectivity index (χ4n) is 10.8. The molecule has 0 saturated heterocycles. The van der Waals surface area contributed by atoms with Crippen LogP contribution in [-0.2, 0) is 28.6 Å². The van der Waals surface area contributed by atoms with Crippen molar-refractivity contribution in [3.63, 3.8) is 0 Å². The molecule has 1 atom stereocenters. The lowest BCUT2D eigenvalue weighted by atomic mass is 10.0. The lowest BCUT2D eigenvalue weighted by Gasteiger charge is -2.18. The summed E-state index contributed by atoms with van der Waals surface area (Å²) < 4.78 is 17.0. The van der Waals surface area contributed by atoms with Gasteiger partial charge in [0.1, 0.15) is 13.2 Å². The Balaban J connectivity index is 4.13. The fraction of sp³-hybridized carbons (Fsp3) is 0.929. The first-order valence-corrected chi connectivity index (χ1v) is 34.7. The summed E-state index contributed by atoms with van der Waals surface area (Å²) in [6.45, 7) is 6.72. The molecule has 0 saturated carbocycles. The molecule has 6 nitrogen and oxygen atoms in total. The number of carbonyl (C=O) groups excluding carboxylic acids is 3. The standard InChI is InChI=1S/C70H134O6/c1-4-7-10-13-16-19-22-25-27-29-30-31-32-33-34-35-36-37-38-39-40-41-43-45-48-51-54-57-60-63-69(72)75-66-67(65-74-68(71)62-59-56-53-50-47-44-24-21-18-15-12-9-6-3)76-70(73)64-61-58-55-52-49-46-42-28-26-23-20-17-14-11-8-5-2/h29-30,67H,4-28,31-66H2,1-3H3/b30-29-. The molecule has 0 heterocycles. The Morgan fingerprint density at radius 1 is 0.250 bits per heavy atom. The van der Waals surface area contributed by atoms with E-state index in [-0.39, 0.29) is 31.1 Å². The van der Waals surface area contributed by atoms with Gasteiger partial charge in [-0.05, 0) is 44.9 Å². The van der Waals surface area contributed by atoms with Crippen molar-refractivity contribution in [3.05, 3.63) is 12.2 Å². The van der Waals surface area contributed by atoms with Gasteiger partial charge in [-0.3, -0.25) is 14.4 Å². The second-order valence-corrected chi connectivity index (χ2v) is 23.8. The summed E-state index contributed by atoms with van der Waals surface area (Å²) in [6.07, 6.45) is 78.1. The van der Waals surface area contributed by atoms with Crippen LogP contribution in [0.15, 0.2) is 12.2 Å². The van der Waals surface area contributed by atoms with Gasteiger partial charge in [0.25, 0.3) is 0 Å². The summed E-state index contributed by atoms with van der Waals surface area (Å²) in [6, 6.07) is 0. The first-order chi connectivity index (χ1) is 37.5. The molecule has 6 heteroatoms. The van der Waals surface area contributed by atoms with Gasteiger partial charge in [0, 0.05) is 19.3 Å². The summed E-state index contributed by atoms with van der Waals surface area (Å²) in [5, 5.41) is 0. The molecule has 0 spiro atoms. The van der Waals surface area contributed by atoms with Gasteiger partial charge in [-0.15, -0.1) is 0 Å². The Hall–Kier alpha value is -1.85. The number of ether oxygens (including phenoxy) is 3. The van der Waals surface area contributed by atoms with E-state index < -0.39 is 6.10 Å². The van der Waals surface area contributed by atoms with E-state index in [2.05, 4.69) is 32.9 Å². The van der Waals surface area contributed by atoms with Crippen molar-refractivity contribution in [3.8, 4) is 0 Å². The molecule has 0 aromatic heterocycles. The van der Waals surface area contributed by atoms with Gasteiger partial charge < -0.3 is 14.2 Å². The van der Waals surface area contributed by atoms with E-state index in [1.807, 2.05) is 0 Å². The molecule has 0 rings (SSSR count). The molecular formula is C70H134O6. The van der Waals surface area contributed by atoms with Crippen LogP contribution in [-0.4, -0.2) is 37.2 Å². The van der Waals surface area contributed by atoms with E-state index in [0.717, 1.165) is 57.8 Å². The number of unbranched alkanes of at least 4 members (excludes halogenated alkanes) is 52. The minimum absolute atomic E-state index is 0.0622. The quantitative estimate of drug-likeness (QED) is 0.0261. The highest BCUT2D eigenvalue weighted by atomic mass is 16.6. The largest absolute Gasteiger partial charge is 0.462 e. The summed E-state index contributed by atoms with van der Waals surface area (Å²) >= 11 is 0. The smallest absolute Gasteiger partial charge is 0.306 e. The average Bonchev–Trinajstić information content (AvgIpc) is 3.42. The van der Waals surface area contributed by atoms with Crippen LogP contribution < -0.4 is 0 Å². The van der Waals surface area contributed by atoms with E-state index in [1.165, 1.54) is 302 Å². The van der Waals surface area contributed by atoms with Gasteiger partial charge in [-0.1, -0.05) is 348 Å². The molecule has 1 unspecified atom stereocenters. The van der Waals surface area contributed by atoms with E-state index in [0.29, 0.717) is 19.3 Å². The Morgan fingerprint density at radius 2 is 0.434 bits per heavy atom. The Labute approximate surface area is 475 Å². The molecule has 0 bridgehead atoms. The predicted molar refractivity (Wildman–Crippen MR) is 330 cm³/mol. The van der Waals surface area contributed by atoms with E-state index in [1.54, 1.807) is 0 Å². The molecular weight excluding hydrogens is 937 g/mol. The average molecular weight is 1070 g/mol. The molecule has 0 radical (unpaired) electrons. The summed E-state index contributed by atoms with van der Waals surface area (Å²) in [4.78, 5) is 38.3. The summed E-state index contributed by atoms with van der Waals surface area (Å²) in [7, 11) is 0. The first kappa shape index (κ1) is 74.2. The predicted octanol–water partition coefficient (Wildman–Crippen LogP) is 23.6. The lowest BCUT2D eigenvalue weighted by Crippen LogP contribution is -2.30. The molecule has 0 aliphatic rings. The lowest BCUT2D eigenvalue weighted by molar-refractivity contribution is -0.167. The highest BCUT2D eigenvalue weighted by Gasteiger charge is 2.19. The molecule has 0 fully saturated rings. The Bertz CT molecular complexity index is 1180. The molecule has 0 amide bonds. The number of rotatable bonds is 65. The van der Waals surface area contributed by atoms with Crippen LogP contribution in [0.25, 0.3) is 0 Å². The number of hydrogen-bond acceptors (Lipinski definition) is 6. The monoisotopic (exact) mass is 1070 g/mol. The topological polar surface area (TPSA) is 78.9 Å². The Kier molecular flexibility index (Phi) is 64.1. The van der Waals surface area contributed by atoms with Crippen LogP contribution >= 0.6 is 0 Å². The normalized spacial score (nSPS) is 12.0. The highest BCUT2D eigenvalue weighted by molar-refractivity contribution is 5.71. The van der Waals surface area contributed by atoms with Gasteiger partial charge in [0.05, 0.1) is 0 Å². The van der Waals surface area contributed by atoms with Crippen LogP contribution in [0, 0.1) is 0 Å². The van der Waals surface area contributed by atoms with Crippen molar-refractivity contribution in [1.29, 1.82) is 0 Å². The van der Waals surface area contributed by atoms with Crippen LogP contribution in [0.2, 0.25) is 0 Å². The third-order valence-corrected chi connectivity index (χ3v) is 16.0. The molecule has 0 aliphatic carbocycles. The zero-order chi connectivity index (χ0) is 55.0. The second-order valence-electron chi connectivity index (χ2n) is 23.8. The minimum Gasteiger partial charge on any atom is -0.462 e. The van der Waals surface area contributed by atoms with E-state index in [4.69, 9.17) is 14.2 Å². The van der Waals surface area contributed by atoms with Crippen molar-refractivity contribution in [2.24, 2.45) is 0 Å². The van der Waals surface area contributed by atoms with Crippen molar-refractivity contribution < 1.29 is 28.6 Å². The van der Waals surface area contributed by atoms with Gasteiger partial charge in [0.15, 0.2) is 6.10 Å². The number of carbonyl (C=O) groups is 3. The number of esters is 3. The van der Waals surface area contributed by atoms with Gasteiger partial charge in [-0.2, -0.15) is 0 Å². The Morgan fingerprint density at radius 3 is 0.658 bits per heavy atom. The molecule has 0 aromatic rings. The van der Waals surface area contributed by atoms with E-state index >= 15 is 0 Å². The zero-order valence-corrected chi connectivity index (χ0v) is 51.8. The first-order valence-electron chi connectivity index (χ1n) is 34.7. The summed E-state index contributed by atoms with van der Waals surface area (Å²) in [5.74, 6) is -0.828. The van der Waals surface area contributed by atoms with Crippen LogP contribution in [0.3, 0.4) is 0 Å². The third-order valence-electron chi connectivity index (χ3n) is 16.0. The SMILES string of the molecule is CCCCCCCCCC/C=C\CCCCCCCCCCCCCCCCCCCC(=O)OCC(COC(=O)CCCCCCCCCCCCCCC)OC(=O)CCCCCCCCCCCCCCCCCC. The maximum atomic E-state index is 12.9. The molecule has 0 aliphatic heterocycles. The zero-order valence-electron chi connectivity index (χ0n) is 51.8. The van der Waals surface area contributed by atoms with Crippen molar-refractivity contribution in [2.45, 2.75) is 406 Å². The third kappa shape index (κ3) is 63.0. The van der Waals surface area contributed by atoms with Gasteiger partial charge in [0.2, 0.25) is 0 Å².